The highest BCUT2D eigenvalue weighted by Gasteiger charge is 2.66. The molecule has 7 unspecified atom stereocenters. The van der Waals surface area contributed by atoms with Gasteiger partial charge in [-0.05, 0) is 92.3 Å². The number of hydrogen-bond donors (Lipinski definition) is 2. The maximum Gasteiger partial charge on any atom is 0.0653 e. The van der Waals surface area contributed by atoms with Crippen LogP contribution in [0.2, 0.25) is 0 Å². The maximum absolute atomic E-state index is 10.9. The lowest BCUT2D eigenvalue weighted by Gasteiger charge is -2.64. The molecule has 1 spiro atoms. The van der Waals surface area contributed by atoms with Crippen LogP contribution < -0.4 is 0 Å². The lowest BCUT2D eigenvalue weighted by molar-refractivity contribution is -0.180. The zero-order chi connectivity index (χ0) is 16.0. The van der Waals surface area contributed by atoms with Gasteiger partial charge in [-0.2, -0.15) is 0 Å². The second-order valence-electron chi connectivity index (χ2n) is 10.4. The molecule has 2 nitrogen and oxygen atoms in total. The molecule has 2 bridgehead atoms. The van der Waals surface area contributed by atoms with Gasteiger partial charge in [0, 0.05) is 0 Å². The molecule has 4 aliphatic carbocycles. The molecule has 0 radical (unpaired) electrons. The van der Waals surface area contributed by atoms with Gasteiger partial charge in [-0.1, -0.05) is 20.8 Å². The molecule has 4 saturated carbocycles. The first-order chi connectivity index (χ1) is 10.1. The van der Waals surface area contributed by atoms with Crippen molar-refractivity contribution in [2.75, 3.05) is 0 Å². The Labute approximate surface area is 135 Å². The van der Waals surface area contributed by atoms with Gasteiger partial charge in [-0.25, -0.2) is 0 Å². The fraction of sp³-hybridized carbons (Fsp3) is 1.00. The minimum atomic E-state index is -0.429. The monoisotopic (exact) mass is 306 g/mol. The van der Waals surface area contributed by atoms with Crippen molar-refractivity contribution in [3.8, 4) is 0 Å². The van der Waals surface area contributed by atoms with Gasteiger partial charge in [-0.15, -0.1) is 0 Å². The van der Waals surface area contributed by atoms with Crippen LogP contribution in [0.1, 0.15) is 79.1 Å². The number of rotatable bonds is 0. The first kappa shape index (κ1) is 15.4. The fourth-order valence-electron chi connectivity index (χ4n) is 8.01. The van der Waals surface area contributed by atoms with E-state index in [0.29, 0.717) is 22.7 Å². The Balaban J connectivity index is 1.73. The Kier molecular flexibility index (Phi) is 3.02. The summed E-state index contributed by atoms with van der Waals surface area (Å²) in [6.45, 7) is 9.23. The van der Waals surface area contributed by atoms with Gasteiger partial charge < -0.3 is 10.2 Å². The van der Waals surface area contributed by atoms with E-state index in [1.165, 1.54) is 38.5 Å². The molecule has 2 N–H and O–H groups in total. The molecule has 7 atom stereocenters. The Hall–Kier alpha value is -0.0800. The Morgan fingerprint density at radius 2 is 1.59 bits per heavy atom. The predicted octanol–water partition coefficient (Wildman–Crippen LogP) is 4.14. The SMILES string of the molecule is CC1(O)CC23CCC4C(C)(C)C(O)CCC4(C)C2CCC1C3. The highest BCUT2D eigenvalue weighted by atomic mass is 16.3. The van der Waals surface area contributed by atoms with Crippen LogP contribution in [0.25, 0.3) is 0 Å². The van der Waals surface area contributed by atoms with E-state index in [9.17, 15) is 10.2 Å². The lowest BCUT2D eigenvalue weighted by Crippen LogP contribution is -2.59. The molecule has 0 aromatic rings. The van der Waals surface area contributed by atoms with E-state index >= 15 is 0 Å². The average molecular weight is 306 g/mol. The summed E-state index contributed by atoms with van der Waals surface area (Å²) in [6, 6.07) is 0. The first-order valence-electron chi connectivity index (χ1n) is 9.52. The van der Waals surface area contributed by atoms with E-state index in [2.05, 4.69) is 27.7 Å². The van der Waals surface area contributed by atoms with Crippen molar-refractivity contribution >= 4 is 0 Å². The Morgan fingerprint density at radius 1 is 0.864 bits per heavy atom. The van der Waals surface area contributed by atoms with Crippen molar-refractivity contribution in [1.82, 2.24) is 0 Å². The highest BCUT2D eigenvalue weighted by molar-refractivity contribution is 5.16. The second-order valence-corrected chi connectivity index (χ2v) is 10.4. The summed E-state index contributed by atoms with van der Waals surface area (Å²) in [5.41, 5.74) is 0.386. The second kappa shape index (κ2) is 4.30. The smallest absolute Gasteiger partial charge is 0.0653 e. The van der Waals surface area contributed by atoms with E-state index in [1.54, 1.807) is 0 Å². The quantitative estimate of drug-likeness (QED) is 0.706. The first-order valence-corrected chi connectivity index (χ1v) is 9.52. The summed E-state index contributed by atoms with van der Waals surface area (Å²) in [7, 11) is 0. The van der Waals surface area contributed by atoms with Gasteiger partial charge in [0.25, 0.3) is 0 Å². The van der Waals surface area contributed by atoms with Gasteiger partial charge in [0.2, 0.25) is 0 Å². The van der Waals surface area contributed by atoms with Crippen LogP contribution in [0.4, 0.5) is 0 Å². The summed E-state index contributed by atoms with van der Waals surface area (Å²) in [6.07, 6.45) is 9.35. The van der Waals surface area contributed by atoms with Crippen molar-refractivity contribution in [2.24, 2.45) is 34.0 Å². The summed E-state index contributed by atoms with van der Waals surface area (Å²) in [4.78, 5) is 0. The van der Waals surface area contributed by atoms with E-state index < -0.39 is 5.60 Å². The molecule has 0 amide bonds. The topological polar surface area (TPSA) is 40.5 Å². The molecule has 4 rings (SSSR count). The maximum atomic E-state index is 10.9. The number of aliphatic hydroxyl groups excluding tert-OH is 1. The van der Waals surface area contributed by atoms with Crippen LogP contribution in [-0.4, -0.2) is 21.9 Å². The molecule has 4 aliphatic rings. The van der Waals surface area contributed by atoms with E-state index in [1.807, 2.05) is 0 Å². The van der Waals surface area contributed by atoms with Crippen molar-refractivity contribution in [2.45, 2.75) is 90.8 Å². The average Bonchev–Trinajstić information content (AvgIpc) is 2.60. The minimum absolute atomic E-state index is 0.0482. The molecular formula is C20H34O2. The van der Waals surface area contributed by atoms with Crippen LogP contribution in [0.3, 0.4) is 0 Å². The molecule has 0 aliphatic heterocycles. The van der Waals surface area contributed by atoms with Gasteiger partial charge in [-0.3, -0.25) is 0 Å². The molecule has 0 aromatic heterocycles. The zero-order valence-corrected chi connectivity index (χ0v) is 14.9. The van der Waals surface area contributed by atoms with Crippen LogP contribution in [-0.2, 0) is 0 Å². The van der Waals surface area contributed by atoms with Gasteiger partial charge in [0.1, 0.15) is 0 Å². The van der Waals surface area contributed by atoms with Crippen molar-refractivity contribution in [3.63, 3.8) is 0 Å². The molecule has 0 aromatic carbocycles. The molecular weight excluding hydrogens is 272 g/mol. The number of hydrogen-bond acceptors (Lipinski definition) is 2. The molecule has 2 heteroatoms. The van der Waals surface area contributed by atoms with Crippen molar-refractivity contribution in [1.29, 1.82) is 0 Å². The van der Waals surface area contributed by atoms with Crippen molar-refractivity contribution in [3.05, 3.63) is 0 Å². The summed E-state index contributed by atoms with van der Waals surface area (Å²) >= 11 is 0. The van der Waals surface area contributed by atoms with Crippen LogP contribution in [0.15, 0.2) is 0 Å². The van der Waals surface area contributed by atoms with Crippen LogP contribution in [0, 0.1) is 34.0 Å². The van der Waals surface area contributed by atoms with Gasteiger partial charge in [0.15, 0.2) is 0 Å². The molecule has 4 fully saturated rings. The minimum Gasteiger partial charge on any atom is -0.393 e. The van der Waals surface area contributed by atoms with E-state index in [0.717, 1.165) is 18.8 Å². The van der Waals surface area contributed by atoms with Crippen LogP contribution >= 0.6 is 0 Å². The number of fused-ring (bicyclic) bond motifs is 3. The normalized spacial score (nSPS) is 59.7. The lowest BCUT2D eigenvalue weighted by atomic mass is 9.41. The molecule has 22 heavy (non-hydrogen) atoms. The zero-order valence-electron chi connectivity index (χ0n) is 14.9. The summed E-state index contributed by atoms with van der Waals surface area (Å²) < 4.78 is 0. The standard InChI is InChI=1S/C20H34O2/c1-17(2)14-7-10-20-11-13(19(4,22)12-20)5-6-15(20)18(14,3)9-8-16(17)21/h13-16,21-22H,5-12H2,1-4H3. The third kappa shape index (κ3) is 1.75. The van der Waals surface area contributed by atoms with Gasteiger partial charge >= 0.3 is 0 Å². The van der Waals surface area contributed by atoms with Crippen LogP contribution in [0.5, 0.6) is 0 Å². The third-order valence-corrected chi connectivity index (χ3v) is 9.02. The molecule has 126 valence electrons. The Morgan fingerprint density at radius 3 is 2.32 bits per heavy atom. The van der Waals surface area contributed by atoms with E-state index in [4.69, 9.17) is 0 Å². The molecule has 0 saturated heterocycles. The Bertz CT molecular complexity index is 482. The third-order valence-electron chi connectivity index (χ3n) is 9.02. The fourth-order valence-corrected chi connectivity index (χ4v) is 8.01. The summed E-state index contributed by atoms with van der Waals surface area (Å²) in [5.74, 6) is 1.93. The highest BCUT2D eigenvalue weighted by Crippen LogP contribution is 2.72. The van der Waals surface area contributed by atoms with Crippen molar-refractivity contribution < 1.29 is 10.2 Å². The van der Waals surface area contributed by atoms with Gasteiger partial charge in [0.05, 0.1) is 11.7 Å². The largest absolute Gasteiger partial charge is 0.393 e. The number of aliphatic hydroxyl groups is 2. The summed E-state index contributed by atoms with van der Waals surface area (Å²) in [5, 5.41) is 21.4. The predicted molar refractivity (Wildman–Crippen MR) is 88.4 cm³/mol. The molecule has 0 heterocycles. The van der Waals surface area contributed by atoms with E-state index in [-0.39, 0.29) is 11.5 Å².